The van der Waals surface area contributed by atoms with Gasteiger partial charge in [0.1, 0.15) is 0 Å². The number of hydrogen-bond donors (Lipinski definition) is 2. The molecule has 0 aromatic heterocycles. The summed E-state index contributed by atoms with van der Waals surface area (Å²) in [6, 6.07) is 0. The number of likely N-dealkylation sites (N-methyl/N-ethyl adjacent to an activating group) is 1. The highest BCUT2D eigenvalue weighted by atomic mass is 16.3. The second-order valence-electron chi connectivity index (χ2n) is 3.03. The van der Waals surface area contributed by atoms with Gasteiger partial charge in [-0.2, -0.15) is 0 Å². The number of nitrogens with zero attached hydrogens (tertiary/aromatic N) is 1. The fourth-order valence-corrected chi connectivity index (χ4v) is 0.644. The van der Waals surface area contributed by atoms with Crippen molar-refractivity contribution in [1.82, 2.24) is 10.2 Å². The van der Waals surface area contributed by atoms with Crippen LogP contribution >= 0.6 is 0 Å². The zero-order chi connectivity index (χ0) is 10.4. The lowest BCUT2D eigenvalue weighted by atomic mass is 10.4. The second-order valence-corrected chi connectivity index (χ2v) is 3.03. The monoisotopic (exact) mass is 188 g/mol. The SMILES string of the molecule is CC(=O)N(C)CC(=O)NC[C@H](C)O. The Kier molecular flexibility index (Phi) is 5.06. The molecular weight excluding hydrogens is 172 g/mol. The van der Waals surface area contributed by atoms with Crippen LogP contribution in [0.5, 0.6) is 0 Å². The van der Waals surface area contributed by atoms with Crippen LogP contribution in [0.2, 0.25) is 0 Å². The average molecular weight is 188 g/mol. The number of carbonyl (C=O) groups excluding carboxylic acids is 2. The summed E-state index contributed by atoms with van der Waals surface area (Å²) in [5.74, 6) is -0.425. The summed E-state index contributed by atoms with van der Waals surface area (Å²) in [4.78, 5) is 23.1. The Morgan fingerprint density at radius 3 is 2.46 bits per heavy atom. The molecule has 13 heavy (non-hydrogen) atoms. The van der Waals surface area contributed by atoms with E-state index in [1.807, 2.05) is 0 Å². The molecule has 0 spiro atoms. The largest absolute Gasteiger partial charge is 0.392 e. The van der Waals surface area contributed by atoms with Crippen LogP contribution in [0.4, 0.5) is 0 Å². The highest BCUT2D eigenvalue weighted by Crippen LogP contribution is 1.83. The Morgan fingerprint density at radius 1 is 1.54 bits per heavy atom. The number of carbonyl (C=O) groups is 2. The van der Waals surface area contributed by atoms with Crippen molar-refractivity contribution >= 4 is 11.8 Å². The van der Waals surface area contributed by atoms with Crippen LogP contribution in [0.25, 0.3) is 0 Å². The predicted molar refractivity (Wildman–Crippen MR) is 48.0 cm³/mol. The van der Waals surface area contributed by atoms with E-state index in [-0.39, 0.29) is 24.9 Å². The standard InChI is InChI=1S/C8H16N2O3/c1-6(11)4-9-8(13)5-10(3)7(2)12/h6,11H,4-5H2,1-3H3,(H,9,13)/t6-/m0/s1. The van der Waals surface area contributed by atoms with Crippen LogP contribution < -0.4 is 5.32 Å². The molecule has 0 heterocycles. The third kappa shape index (κ3) is 6.10. The van der Waals surface area contributed by atoms with E-state index in [0.717, 1.165) is 0 Å². The summed E-state index contributed by atoms with van der Waals surface area (Å²) in [7, 11) is 1.55. The summed E-state index contributed by atoms with van der Waals surface area (Å²) >= 11 is 0. The smallest absolute Gasteiger partial charge is 0.239 e. The van der Waals surface area contributed by atoms with Gasteiger partial charge in [-0.3, -0.25) is 9.59 Å². The molecule has 0 unspecified atom stereocenters. The predicted octanol–water partition coefficient (Wildman–Crippen LogP) is -1.04. The van der Waals surface area contributed by atoms with Crippen LogP contribution in [0, 0.1) is 0 Å². The van der Waals surface area contributed by atoms with Gasteiger partial charge < -0.3 is 15.3 Å². The molecule has 0 aliphatic rings. The molecule has 5 nitrogen and oxygen atoms in total. The number of amides is 2. The molecule has 0 aliphatic heterocycles. The highest BCUT2D eigenvalue weighted by Gasteiger charge is 2.08. The van der Waals surface area contributed by atoms with E-state index in [4.69, 9.17) is 5.11 Å². The van der Waals surface area contributed by atoms with Crippen molar-refractivity contribution in [3.63, 3.8) is 0 Å². The summed E-state index contributed by atoms with van der Waals surface area (Å²) in [6.45, 7) is 3.21. The quantitative estimate of drug-likeness (QED) is 0.592. The molecule has 0 saturated heterocycles. The minimum Gasteiger partial charge on any atom is -0.392 e. The lowest BCUT2D eigenvalue weighted by Gasteiger charge is -2.14. The third-order valence-corrected chi connectivity index (χ3v) is 1.51. The van der Waals surface area contributed by atoms with E-state index < -0.39 is 6.10 Å². The first-order valence-electron chi connectivity index (χ1n) is 4.10. The summed E-state index contributed by atoms with van der Waals surface area (Å²) < 4.78 is 0. The molecule has 2 amide bonds. The van der Waals surface area contributed by atoms with Crippen molar-refractivity contribution in [3.8, 4) is 0 Å². The molecule has 0 aromatic carbocycles. The molecule has 0 radical (unpaired) electrons. The first kappa shape index (κ1) is 11.9. The molecule has 0 fully saturated rings. The summed E-state index contributed by atoms with van der Waals surface area (Å²) in [6.07, 6.45) is -0.563. The van der Waals surface area contributed by atoms with E-state index in [1.54, 1.807) is 14.0 Å². The number of aliphatic hydroxyl groups excluding tert-OH is 1. The van der Waals surface area contributed by atoms with Crippen LogP contribution in [0.3, 0.4) is 0 Å². The van der Waals surface area contributed by atoms with Crippen molar-refractivity contribution in [2.24, 2.45) is 0 Å². The molecular formula is C8H16N2O3. The molecule has 0 aliphatic carbocycles. The van der Waals surface area contributed by atoms with Crippen molar-refractivity contribution in [3.05, 3.63) is 0 Å². The number of rotatable bonds is 4. The topological polar surface area (TPSA) is 69.6 Å². The fraction of sp³-hybridized carbons (Fsp3) is 0.750. The van der Waals surface area contributed by atoms with E-state index >= 15 is 0 Å². The molecule has 0 rings (SSSR count). The Hall–Kier alpha value is -1.10. The zero-order valence-corrected chi connectivity index (χ0v) is 8.20. The summed E-state index contributed by atoms with van der Waals surface area (Å²) in [5.41, 5.74) is 0. The Balaban J connectivity index is 3.68. The molecule has 5 heteroatoms. The lowest BCUT2D eigenvalue weighted by Crippen LogP contribution is -2.39. The van der Waals surface area contributed by atoms with Crippen LogP contribution in [-0.4, -0.2) is 48.1 Å². The third-order valence-electron chi connectivity index (χ3n) is 1.51. The van der Waals surface area contributed by atoms with Gasteiger partial charge in [0.2, 0.25) is 11.8 Å². The van der Waals surface area contributed by atoms with Crippen LogP contribution in [0.15, 0.2) is 0 Å². The summed E-state index contributed by atoms with van der Waals surface area (Å²) in [5, 5.41) is 11.3. The van der Waals surface area contributed by atoms with E-state index in [2.05, 4.69) is 5.32 Å². The van der Waals surface area contributed by atoms with Gasteiger partial charge >= 0.3 is 0 Å². The zero-order valence-electron chi connectivity index (χ0n) is 8.20. The number of aliphatic hydroxyl groups is 1. The van der Waals surface area contributed by atoms with Gasteiger partial charge in [0, 0.05) is 20.5 Å². The van der Waals surface area contributed by atoms with Crippen LogP contribution in [-0.2, 0) is 9.59 Å². The van der Waals surface area contributed by atoms with Gasteiger partial charge in [-0.25, -0.2) is 0 Å². The second kappa shape index (κ2) is 5.53. The molecule has 1 atom stereocenters. The van der Waals surface area contributed by atoms with Gasteiger partial charge in [-0.15, -0.1) is 0 Å². The van der Waals surface area contributed by atoms with Crippen molar-refractivity contribution in [2.75, 3.05) is 20.1 Å². The fourth-order valence-electron chi connectivity index (χ4n) is 0.644. The molecule has 0 saturated carbocycles. The first-order chi connectivity index (χ1) is 5.93. The van der Waals surface area contributed by atoms with Crippen molar-refractivity contribution in [1.29, 1.82) is 0 Å². The minimum absolute atomic E-state index is 0.0298. The van der Waals surface area contributed by atoms with E-state index in [0.29, 0.717) is 0 Å². The van der Waals surface area contributed by atoms with E-state index in [9.17, 15) is 9.59 Å². The Labute approximate surface area is 77.7 Å². The first-order valence-corrected chi connectivity index (χ1v) is 4.10. The van der Waals surface area contributed by atoms with Crippen molar-refractivity contribution < 1.29 is 14.7 Å². The van der Waals surface area contributed by atoms with Crippen LogP contribution in [0.1, 0.15) is 13.8 Å². The molecule has 2 N–H and O–H groups in total. The number of hydrogen-bond acceptors (Lipinski definition) is 3. The number of nitrogens with one attached hydrogen (secondary N) is 1. The van der Waals surface area contributed by atoms with E-state index in [1.165, 1.54) is 11.8 Å². The average Bonchev–Trinajstić information content (AvgIpc) is 2.00. The lowest BCUT2D eigenvalue weighted by molar-refractivity contribution is -0.133. The van der Waals surface area contributed by atoms with Gasteiger partial charge in [-0.1, -0.05) is 0 Å². The maximum atomic E-state index is 11.0. The Bertz CT molecular complexity index is 192. The molecule has 76 valence electrons. The normalized spacial score (nSPS) is 12.0. The van der Waals surface area contributed by atoms with Gasteiger partial charge in [0.05, 0.1) is 12.6 Å². The maximum Gasteiger partial charge on any atom is 0.239 e. The maximum absolute atomic E-state index is 11.0. The molecule has 0 aromatic rings. The van der Waals surface area contributed by atoms with Gasteiger partial charge in [0.25, 0.3) is 0 Å². The van der Waals surface area contributed by atoms with Crippen molar-refractivity contribution in [2.45, 2.75) is 20.0 Å². The highest BCUT2D eigenvalue weighted by molar-refractivity contribution is 5.83. The Morgan fingerprint density at radius 2 is 2.08 bits per heavy atom. The minimum atomic E-state index is -0.563. The van der Waals surface area contributed by atoms with Gasteiger partial charge in [-0.05, 0) is 6.92 Å². The molecule has 0 bridgehead atoms. The van der Waals surface area contributed by atoms with Gasteiger partial charge in [0.15, 0.2) is 0 Å².